The summed E-state index contributed by atoms with van der Waals surface area (Å²) in [5.74, 6) is -7.69. The molecule has 178 valence electrons. The van der Waals surface area contributed by atoms with Crippen LogP contribution in [0.25, 0.3) is 0 Å². The summed E-state index contributed by atoms with van der Waals surface area (Å²) < 4.78 is 0. The summed E-state index contributed by atoms with van der Waals surface area (Å²) in [7, 11) is 0. The molecule has 0 aromatic carbocycles. The number of carboxylic acids is 2. The predicted molar refractivity (Wildman–Crippen MR) is 104 cm³/mol. The lowest BCUT2D eigenvalue weighted by Crippen LogP contribution is -2.58. The molecule has 0 bridgehead atoms. The molecule has 0 aromatic heterocycles. The standard InChI is InChI=1S/C17H26N6O9/c18-7(4-13(26)27)14(28)21-8(5-11(19)24)15(29)22-9(6-12(20)25)16(30)23-3-1-2-10(23)17(31)32/h7-10H,1-6,18H2,(H2,19,24)(H2,20,25)(H,21,28)(H,22,29)(H,26,27)(H,31,32). The summed E-state index contributed by atoms with van der Waals surface area (Å²) in [5.41, 5.74) is 15.6. The minimum absolute atomic E-state index is 0.0758. The van der Waals surface area contributed by atoms with Gasteiger partial charge in [-0.3, -0.25) is 28.8 Å². The molecule has 0 saturated carbocycles. The van der Waals surface area contributed by atoms with Crippen molar-refractivity contribution in [3.05, 3.63) is 0 Å². The first-order chi connectivity index (χ1) is 14.8. The van der Waals surface area contributed by atoms with Gasteiger partial charge in [-0.05, 0) is 12.8 Å². The van der Waals surface area contributed by atoms with Gasteiger partial charge in [0, 0.05) is 6.54 Å². The molecule has 15 nitrogen and oxygen atoms in total. The second-order valence-electron chi connectivity index (χ2n) is 7.20. The molecule has 0 spiro atoms. The van der Waals surface area contributed by atoms with Gasteiger partial charge in [0.05, 0.1) is 25.3 Å². The van der Waals surface area contributed by atoms with Crippen LogP contribution in [0.3, 0.4) is 0 Å². The SMILES string of the molecule is NC(=O)CC(NC(=O)C(N)CC(=O)O)C(=O)NC(CC(N)=O)C(=O)N1CCCC1C(=O)O. The lowest BCUT2D eigenvalue weighted by Gasteiger charge is -2.28. The van der Waals surface area contributed by atoms with Crippen molar-refractivity contribution >= 4 is 41.5 Å². The maximum Gasteiger partial charge on any atom is 0.326 e. The zero-order chi connectivity index (χ0) is 24.6. The molecule has 4 unspecified atom stereocenters. The van der Waals surface area contributed by atoms with Crippen LogP contribution in [-0.2, 0) is 33.6 Å². The molecule has 15 heteroatoms. The third kappa shape index (κ3) is 7.82. The van der Waals surface area contributed by atoms with E-state index in [1.54, 1.807) is 0 Å². The fourth-order valence-corrected chi connectivity index (χ4v) is 3.13. The molecule has 1 aliphatic heterocycles. The number of hydrogen-bond donors (Lipinski definition) is 7. The smallest absolute Gasteiger partial charge is 0.326 e. The number of carbonyl (C=O) groups excluding carboxylic acids is 5. The van der Waals surface area contributed by atoms with E-state index in [0.29, 0.717) is 6.42 Å². The highest BCUT2D eigenvalue weighted by atomic mass is 16.4. The Kier molecular flexibility index (Phi) is 9.52. The van der Waals surface area contributed by atoms with Crippen LogP contribution in [0.1, 0.15) is 32.1 Å². The number of likely N-dealkylation sites (tertiary alicyclic amines) is 1. The monoisotopic (exact) mass is 458 g/mol. The normalized spacial score (nSPS) is 18.2. The summed E-state index contributed by atoms with van der Waals surface area (Å²) in [6.07, 6.45) is -1.59. The third-order valence-electron chi connectivity index (χ3n) is 4.61. The Morgan fingerprint density at radius 1 is 0.875 bits per heavy atom. The molecule has 10 N–H and O–H groups in total. The highest BCUT2D eigenvalue weighted by Gasteiger charge is 2.39. The number of amides is 5. The first-order valence-electron chi connectivity index (χ1n) is 9.51. The molecule has 1 heterocycles. The van der Waals surface area contributed by atoms with Crippen LogP contribution < -0.4 is 27.8 Å². The number of carboxylic acid groups (broad SMARTS) is 2. The van der Waals surface area contributed by atoms with Crippen LogP contribution in [-0.4, -0.2) is 87.3 Å². The Morgan fingerprint density at radius 2 is 1.41 bits per heavy atom. The molecule has 1 saturated heterocycles. The van der Waals surface area contributed by atoms with E-state index in [2.05, 4.69) is 10.6 Å². The molecule has 0 aromatic rings. The maximum atomic E-state index is 12.8. The van der Waals surface area contributed by atoms with E-state index in [1.165, 1.54) is 0 Å². The Morgan fingerprint density at radius 3 is 1.91 bits per heavy atom. The molecule has 5 amide bonds. The molecule has 1 fully saturated rings. The van der Waals surface area contributed by atoms with Crippen LogP contribution in [0.5, 0.6) is 0 Å². The lowest BCUT2D eigenvalue weighted by molar-refractivity contribution is -0.149. The van der Waals surface area contributed by atoms with Crippen molar-refractivity contribution in [1.29, 1.82) is 0 Å². The van der Waals surface area contributed by atoms with Gasteiger partial charge in [0.25, 0.3) is 0 Å². The lowest BCUT2D eigenvalue weighted by atomic mass is 10.1. The molecule has 0 radical (unpaired) electrons. The fourth-order valence-electron chi connectivity index (χ4n) is 3.13. The van der Waals surface area contributed by atoms with Gasteiger partial charge >= 0.3 is 11.9 Å². The van der Waals surface area contributed by atoms with Crippen molar-refractivity contribution in [2.45, 2.75) is 56.3 Å². The van der Waals surface area contributed by atoms with Crippen molar-refractivity contribution in [1.82, 2.24) is 15.5 Å². The number of primary amides is 2. The second kappa shape index (κ2) is 11.6. The zero-order valence-electron chi connectivity index (χ0n) is 17.0. The summed E-state index contributed by atoms with van der Waals surface area (Å²) in [6, 6.07) is -5.90. The highest BCUT2D eigenvalue weighted by molar-refractivity contribution is 5.98. The number of aliphatic carboxylic acids is 2. The largest absolute Gasteiger partial charge is 0.481 e. The van der Waals surface area contributed by atoms with Crippen molar-refractivity contribution in [2.75, 3.05) is 6.54 Å². The van der Waals surface area contributed by atoms with Crippen LogP contribution in [0.2, 0.25) is 0 Å². The average Bonchev–Trinajstić information content (AvgIpc) is 3.15. The van der Waals surface area contributed by atoms with E-state index in [4.69, 9.17) is 22.3 Å². The van der Waals surface area contributed by atoms with Crippen molar-refractivity contribution in [2.24, 2.45) is 17.2 Å². The topological polar surface area (TPSA) is 265 Å². The highest BCUT2D eigenvalue weighted by Crippen LogP contribution is 2.19. The van der Waals surface area contributed by atoms with Gasteiger partial charge in [-0.15, -0.1) is 0 Å². The molecule has 32 heavy (non-hydrogen) atoms. The predicted octanol–water partition coefficient (Wildman–Crippen LogP) is -4.42. The minimum Gasteiger partial charge on any atom is -0.481 e. The first-order valence-corrected chi connectivity index (χ1v) is 9.51. The van der Waals surface area contributed by atoms with E-state index < -0.39 is 84.9 Å². The quantitative estimate of drug-likeness (QED) is 0.147. The Labute approximate surface area is 181 Å². The molecule has 1 rings (SSSR count). The fraction of sp³-hybridized carbons (Fsp3) is 0.588. The van der Waals surface area contributed by atoms with Crippen molar-refractivity contribution in [3.8, 4) is 0 Å². The maximum absolute atomic E-state index is 12.8. The zero-order valence-corrected chi connectivity index (χ0v) is 17.0. The number of nitrogens with zero attached hydrogens (tertiary/aromatic N) is 1. The number of nitrogens with two attached hydrogens (primary N) is 3. The van der Waals surface area contributed by atoms with Gasteiger partial charge in [-0.1, -0.05) is 0 Å². The molecular weight excluding hydrogens is 432 g/mol. The van der Waals surface area contributed by atoms with E-state index in [9.17, 15) is 38.7 Å². The van der Waals surface area contributed by atoms with E-state index in [0.717, 1.165) is 4.90 Å². The summed E-state index contributed by atoms with van der Waals surface area (Å²) in [6.45, 7) is 0.0758. The summed E-state index contributed by atoms with van der Waals surface area (Å²) in [4.78, 5) is 83.3. The molecule has 0 aliphatic carbocycles. The van der Waals surface area contributed by atoms with Gasteiger partial charge in [-0.25, -0.2) is 4.79 Å². The van der Waals surface area contributed by atoms with Crippen molar-refractivity contribution in [3.63, 3.8) is 0 Å². The van der Waals surface area contributed by atoms with Gasteiger partial charge in [0.15, 0.2) is 0 Å². The van der Waals surface area contributed by atoms with Gasteiger partial charge < -0.3 is 42.9 Å². The van der Waals surface area contributed by atoms with Crippen LogP contribution >= 0.6 is 0 Å². The van der Waals surface area contributed by atoms with E-state index >= 15 is 0 Å². The third-order valence-corrected chi connectivity index (χ3v) is 4.61. The van der Waals surface area contributed by atoms with E-state index in [1.807, 2.05) is 0 Å². The number of rotatable bonds is 12. The second-order valence-corrected chi connectivity index (χ2v) is 7.20. The summed E-state index contributed by atoms with van der Waals surface area (Å²) in [5, 5.41) is 22.2. The van der Waals surface area contributed by atoms with Crippen LogP contribution in [0, 0.1) is 0 Å². The number of hydrogen-bond acceptors (Lipinski definition) is 8. The average molecular weight is 458 g/mol. The van der Waals surface area contributed by atoms with Crippen molar-refractivity contribution < 1.29 is 43.8 Å². The Balaban J connectivity index is 3.02. The summed E-state index contributed by atoms with van der Waals surface area (Å²) >= 11 is 0. The molecule has 1 aliphatic rings. The number of nitrogens with one attached hydrogen (secondary N) is 2. The van der Waals surface area contributed by atoms with Gasteiger partial charge in [0.2, 0.25) is 29.5 Å². The molecular formula is C17H26N6O9. The van der Waals surface area contributed by atoms with Gasteiger partial charge in [0.1, 0.15) is 18.1 Å². The van der Waals surface area contributed by atoms with Crippen LogP contribution in [0.4, 0.5) is 0 Å². The Hall–Kier alpha value is -3.75. The molecule has 4 atom stereocenters. The first kappa shape index (κ1) is 26.3. The van der Waals surface area contributed by atoms with Gasteiger partial charge in [-0.2, -0.15) is 0 Å². The Bertz CT molecular complexity index is 801. The van der Waals surface area contributed by atoms with E-state index in [-0.39, 0.29) is 13.0 Å². The van der Waals surface area contributed by atoms with Crippen LogP contribution in [0.15, 0.2) is 0 Å². The minimum atomic E-state index is -1.64. The number of carbonyl (C=O) groups is 7.